The smallest absolute Gasteiger partial charge is 0.123 e. The first-order valence-corrected chi connectivity index (χ1v) is 3.94. The van der Waals surface area contributed by atoms with E-state index in [4.69, 9.17) is 10.8 Å². The molecule has 0 saturated carbocycles. The van der Waals surface area contributed by atoms with Gasteiger partial charge >= 0.3 is 0 Å². The van der Waals surface area contributed by atoms with Gasteiger partial charge in [-0.1, -0.05) is 17.2 Å². The molecule has 70 valence electrons. The molecule has 0 heterocycles. The van der Waals surface area contributed by atoms with Gasteiger partial charge in [-0.05, 0) is 23.2 Å². The van der Waals surface area contributed by atoms with Crippen LogP contribution in [0, 0.1) is 17.1 Å². The second-order valence-electron chi connectivity index (χ2n) is 2.65. The van der Waals surface area contributed by atoms with Crippen molar-refractivity contribution >= 4 is 0 Å². The molecule has 14 heavy (non-hydrogen) atoms. The molecule has 1 rings (SSSR count). The number of hydrogen-bond donors (Lipinski definition) is 0. The maximum absolute atomic E-state index is 12.5. The van der Waals surface area contributed by atoms with Crippen LogP contribution in [0.4, 0.5) is 4.39 Å². The Bertz CT molecular complexity index is 386. The molecule has 4 nitrogen and oxygen atoms in total. The minimum atomic E-state index is -0.508. The van der Waals surface area contributed by atoms with Gasteiger partial charge in [0.1, 0.15) is 5.82 Å². The quantitative estimate of drug-likeness (QED) is 0.410. The second-order valence-corrected chi connectivity index (χ2v) is 2.65. The molecule has 0 aliphatic heterocycles. The van der Waals surface area contributed by atoms with E-state index in [1.807, 2.05) is 6.07 Å². The monoisotopic (exact) mass is 190 g/mol. The number of nitrogens with zero attached hydrogens (tertiary/aromatic N) is 4. The molecule has 0 fully saturated rings. The standard InChI is InChI=1S/C9H7FN4/c10-9-3-1-7(2-4-9)8(5-11)6-13-14-12/h1-4,8H,6H2. The molecule has 0 bridgehead atoms. The summed E-state index contributed by atoms with van der Waals surface area (Å²) in [6, 6.07) is 7.55. The van der Waals surface area contributed by atoms with E-state index in [2.05, 4.69) is 10.0 Å². The number of hydrogen-bond acceptors (Lipinski definition) is 2. The van der Waals surface area contributed by atoms with Gasteiger partial charge in [-0.2, -0.15) is 5.26 Å². The number of rotatable bonds is 3. The van der Waals surface area contributed by atoms with Gasteiger partial charge in [0, 0.05) is 11.5 Å². The number of azide groups is 1. The summed E-state index contributed by atoms with van der Waals surface area (Å²) in [4.78, 5) is 2.57. The predicted octanol–water partition coefficient (Wildman–Crippen LogP) is 2.74. The average molecular weight is 190 g/mol. The lowest BCUT2D eigenvalue weighted by Crippen LogP contribution is -1.99. The van der Waals surface area contributed by atoms with Crippen LogP contribution in [-0.2, 0) is 0 Å². The van der Waals surface area contributed by atoms with E-state index in [0.29, 0.717) is 5.56 Å². The molecule has 0 spiro atoms. The summed E-state index contributed by atoms with van der Waals surface area (Å²) >= 11 is 0. The van der Waals surface area contributed by atoms with Crippen LogP contribution in [0.25, 0.3) is 10.4 Å². The van der Waals surface area contributed by atoms with Crippen LogP contribution >= 0.6 is 0 Å². The van der Waals surface area contributed by atoms with E-state index in [9.17, 15) is 4.39 Å². The molecule has 1 aromatic rings. The fourth-order valence-electron chi connectivity index (χ4n) is 1.03. The predicted molar refractivity (Wildman–Crippen MR) is 48.8 cm³/mol. The Morgan fingerprint density at radius 2 is 2.14 bits per heavy atom. The third kappa shape index (κ3) is 2.47. The summed E-state index contributed by atoms with van der Waals surface area (Å²) in [6.07, 6.45) is 0. The maximum atomic E-state index is 12.5. The normalized spacial score (nSPS) is 11.1. The molecular weight excluding hydrogens is 183 g/mol. The van der Waals surface area contributed by atoms with Gasteiger partial charge in [0.15, 0.2) is 0 Å². The van der Waals surface area contributed by atoms with Crippen molar-refractivity contribution in [1.82, 2.24) is 0 Å². The largest absolute Gasteiger partial charge is 0.207 e. The van der Waals surface area contributed by atoms with Crippen LogP contribution in [0.1, 0.15) is 11.5 Å². The highest BCUT2D eigenvalue weighted by molar-refractivity contribution is 5.25. The molecule has 0 aliphatic carbocycles. The van der Waals surface area contributed by atoms with Gasteiger partial charge in [0.2, 0.25) is 0 Å². The summed E-state index contributed by atoms with van der Waals surface area (Å²) < 4.78 is 12.5. The molecule has 1 aromatic carbocycles. The zero-order valence-corrected chi connectivity index (χ0v) is 7.26. The number of halogens is 1. The summed E-state index contributed by atoms with van der Waals surface area (Å²) in [6.45, 7) is 0.0681. The lowest BCUT2D eigenvalue weighted by atomic mass is 10.0. The zero-order chi connectivity index (χ0) is 10.4. The van der Waals surface area contributed by atoms with Crippen LogP contribution in [-0.4, -0.2) is 6.54 Å². The Labute approximate surface area is 80.2 Å². The first-order chi connectivity index (χ1) is 6.77. The molecule has 0 aliphatic rings. The molecule has 0 amide bonds. The molecule has 5 heteroatoms. The van der Waals surface area contributed by atoms with Crippen LogP contribution in [0.2, 0.25) is 0 Å². The molecule has 0 N–H and O–H groups in total. The van der Waals surface area contributed by atoms with Crippen LogP contribution < -0.4 is 0 Å². The lowest BCUT2D eigenvalue weighted by Gasteiger charge is -2.04. The SMILES string of the molecule is N#CC(CN=[N+]=[N-])c1ccc(F)cc1. The van der Waals surface area contributed by atoms with Gasteiger partial charge in [-0.25, -0.2) is 4.39 Å². The Kier molecular flexibility index (Phi) is 3.48. The fraction of sp³-hybridized carbons (Fsp3) is 0.222. The van der Waals surface area contributed by atoms with Crippen molar-refractivity contribution in [3.8, 4) is 6.07 Å². The molecular formula is C9H7FN4. The molecule has 1 unspecified atom stereocenters. The highest BCUT2D eigenvalue weighted by atomic mass is 19.1. The molecule has 1 atom stereocenters. The minimum absolute atomic E-state index is 0.0681. The lowest BCUT2D eigenvalue weighted by molar-refractivity contribution is 0.626. The van der Waals surface area contributed by atoms with Crippen molar-refractivity contribution < 1.29 is 4.39 Å². The molecule has 0 saturated heterocycles. The summed E-state index contributed by atoms with van der Waals surface area (Å²) in [7, 11) is 0. The van der Waals surface area contributed by atoms with Gasteiger partial charge in [-0.15, -0.1) is 0 Å². The number of nitriles is 1. The van der Waals surface area contributed by atoms with Crippen LogP contribution in [0.5, 0.6) is 0 Å². The summed E-state index contributed by atoms with van der Waals surface area (Å²) in [5.41, 5.74) is 8.74. The van der Waals surface area contributed by atoms with Crippen LogP contribution in [0.3, 0.4) is 0 Å². The van der Waals surface area contributed by atoms with Gasteiger partial charge < -0.3 is 0 Å². The van der Waals surface area contributed by atoms with E-state index >= 15 is 0 Å². The van der Waals surface area contributed by atoms with E-state index in [-0.39, 0.29) is 12.4 Å². The van der Waals surface area contributed by atoms with E-state index in [0.717, 1.165) is 0 Å². The average Bonchev–Trinajstić information content (AvgIpc) is 2.21. The fourth-order valence-corrected chi connectivity index (χ4v) is 1.03. The molecule has 0 aromatic heterocycles. The van der Waals surface area contributed by atoms with Crippen molar-refractivity contribution in [1.29, 1.82) is 5.26 Å². The Hall–Kier alpha value is -2.05. The van der Waals surface area contributed by atoms with Crippen molar-refractivity contribution in [2.45, 2.75) is 5.92 Å². The van der Waals surface area contributed by atoms with Gasteiger partial charge in [0.05, 0.1) is 12.0 Å². The first-order valence-electron chi connectivity index (χ1n) is 3.94. The van der Waals surface area contributed by atoms with Gasteiger partial charge in [-0.3, -0.25) is 0 Å². The van der Waals surface area contributed by atoms with Crippen molar-refractivity contribution in [3.63, 3.8) is 0 Å². The summed E-state index contributed by atoms with van der Waals surface area (Å²) in [5.74, 6) is -0.860. The van der Waals surface area contributed by atoms with Crippen molar-refractivity contribution in [3.05, 3.63) is 46.1 Å². The zero-order valence-electron chi connectivity index (χ0n) is 7.26. The third-order valence-corrected chi connectivity index (χ3v) is 1.76. The van der Waals surface area contributed by atoms with E-state index in [1.165, 1.54) is 24.3 Å². The van der Waals surface area contributed by atoms with Crippen molar-refractivity contribution in [2.75, 3.05) is 6.54 Å². The van der Waals surface area contributed by atoms with E-state index < -0.39 is 5.92 Å². The van der Waals surface area contributed by atoms with Gasteiger partial charge in [0.25, 0.3) is 0 Å². The Balaban J connectivity index is 2.85. The summed E-state index contributed by atoms with van der Waals surface area (Å²) in [5, 5.41) is 12.1. The maximum Gasteiger partial charge on any atom is 0.123 e. The number of benzene rings is 1. The molecule has 0 radical (unpaired) electrons. The highest BCUT2D eigenvalue weighted by Crippen LogP contribution is 2.15. The van der Waals surface area contributed by atoms with Crippen molar-refractivity contribution in [2.24, 2.45) is 5.11 Å². The topological polar surface area (TPSA) is 72.5 Å². The Morgan fingerprint density at radius 1 is 1.50 bits per heavy atom. The Morgan fingerprint density at radius 3 is 2.64 bits per heavy atom. The second kappa shape index (κ2) is 4.85. The third-order valence-electron chi connectivity index (χ3n) is 1.76. The first kappa shape index (κ1) is 10.0. The van der Waals surface area contributed by atoms with Crippen LogP contribution in [0.15, 0.2) is 29.4 Å². The van der Waals surface area contributed by atoms with E-state index in [1.54, 1.807) is 0 Å². The highest BCUT2D eigenvalue weighted by Gasteiger charge is 2.08. The minimum Gasteiger partial charge on any atom is -0.207 e.